The van der Waals surface area contributed by atoms with Gasteiger partial charge in [-0.3, -0.25) is 0 Å². The Morgan fingerprint density at radius 2 is 2.00 bits per heavy atom. The summed E-state index contributed by atoms with van der Waals surface area (Å²) < 4.78 is 0. The number of fused-ring (bicyclic) bond motifs is 2. The van der Waals surface area contributed by atoms with Gasteiger partial charge in [0.2, 0.25) is 0 Å². The van der Waals surface area contributed by atoms with E-state index in [2.05, 4.69) is 31.4 Å². The Morgan fingerprint density at radius 3 is 2.45 bits per heavy atom. The number of urea groups is 1. The molecule has 2 fully saturated rings. The van der Waals surface area contributed by atoms with Gasteiger partial charge in [-0.25, -0.2) is 9.59 Å². The van der Waals surface area contributed by atoms with Crippen LogP contribution in [-0.2, 0) is 4.79 Å². The zero-order valence-electron chi connectivity index (χ0n) is 12.3. The molecule has 6 nitrogen and oxygen atoms in total. The lowest BCUT2D eigenvalue weighted by atomic mass is 9.68. The summed E-state index contributed by atoms with van der Waals surface area (Å²) >= 11 is 0. The molecule has 6 heteroatoms. The molecule has 0 spiro atoms. The van der Waals surface area contributed by atoms with Crippen LogP contribution in [0.2, 0.25) is 0 Å². The average Bonchev–Trinajstić information content (AvgIpc) is 2.82. The average molecular weight is 284 g/mol. The Morgan fingerprint density at radius 1 is 1.35 bits per heavy atom. The van der Waals surface area contributed by atoms with E-state index < -0.39 is 24.6 Å². The molecule has 20 heavy (non-hydrogen) atoms. The Kier molecular flexibility index (Phi) is 3.71. The molecule has 2 amide bonds. The largest absolute Gasteiger partial charge is 0.480 e. The minimum Gasteiger partial charge on any atom is -0.480 e. The fourth-order valence-electron chi connectivity index (χ4n) is 4.18. The summed E-state index contributed by atoms with van der Waals surface area (Å²) in [6.45, 7) is 5.89. The molecular weight excluding hydrogens is 260 g/mol. The number of hydrogen-bond acceptors (Lipinski definition) is 3. The summed E-state index contributed by atoms with van der Waals surface area (Å²) in [5, 5.41) is 23.0. The van der Waals surface area contributed by atoms with Gasteiger partial charge in [0.05, 0.1) is 6.61 Å². The number of amides is 2. The molecular formula is C14H24N2O4. The van der Waals surface area contributed by atoms with Crippen LogP contribution in [0.5, 0.6) is 0 Å². The normalized spacial score (nSPS) is 35.6. The van der Waals surface area contributed by atoms with Gasteiger partial charge in [-0.1, -0.05) is 20.8 Å². The molecule has 114 valence electrons. The minimum atomic E-state index is -1.26. The molecule has 0 radical (unpaired) electrons. The van der Waals surface area contributed by atoms with E-state index in [0.717, 1.165) is 12.8 Å². The molecule has 2 aliphatic rings. The SMILES string of the molecule is CC12CCC(C1)C(C)(C)C2NC(=O)N[C@H](CO)C(=O)O. The van der Waals surface area contributed by atoms with Crippen LogP contribution in [0.3, 0.4) is 0 Å². The van der Waals surface area contributed by atoms with Crippen molar-refractivity contribution in [3.63, 3.8) is 0 Å². The van der Waals surface area contributed by atoms with Crippen LogP contribution in [0.15, 0.2) is 0 Å². The van der Waals surface area contributed by atoms with Crippen LogP contribution >= 0.6 is 0 Å². The minimum absolute atomic E-state index is 0.0161. The van der Waals surface area contributed by atoms with Gasteiger partial charge in [-0.05, 0) is 36.0 Å². The first-order valence-electron chi connectivity index (χ1n) is 7.11. The van der Waals surface area contributed by atoms with E-state index in [0.29, 0.717) is 5.92 Å². The first-order valence-corrected chi connectivity index (χ1v) is 7.11. The van der Waals surface area contributed by atoms with Gasteiger partial charge in [0.1, 0.15) is 0 Å². The predicted molar refractivity (Wildman–Crippen MR) is 73.2 cm³/mol. The van der Waals surface area contributed by atoms with Crippen LogP contribution < -0.4 is 10.6 Å². The van der Waals surface area contributed by atoms with Crippen molar-refractivity contribution in [2.45, 2.75) is 52.1 Å². The number of aliphatic carboxylic acids is 1. The smallest absolute Gasteiger partial charge is 0.328 e. The van der Waals surface area contributed by atoms with Crippen molar-refractivity contribution in [1.82, 2.24) is 10.6 Å². The summed E-state index contributed by atoms with van der Waals surface area (Å²) in [7, 11) is 0. The molecule has 0 aromatic rings. The highest BCUT2D eigenvalue weighted by Gasteiger charge is 2.59. The van der Waals surface area contributed by atoms with Gasteiger partial charge >= 0.3 is 12.0 Å². The molecule has 2 aliphatic carbocycles. The Bertz CT molecular complexity index is 419. The van der Waals surface area contributed by atoms with Crippen molar-refractivity contribution >= 4 is 12.0 Å². The fourth-order valence-corrected chi connectivity index (χ4v) is 4.18. The van der Waals surface area contributed by atoms with E-state index in [-0.39, 0.29) is 16.9 Å². The molecule has 2 rings (SSSR count). The summed E-state index contributed by atoms with van der Waals surface area (Å²) in [5.74, 6) is -0.632. The Balaban J connectivity index is 2.02. The van der Waals surface area contributed by atoms with Gasteiger partial charge in [-0.15, -0.1) is 0 Å². The van der Waals surface area contributed by atoms with E-state index in [1.54, 1.807) is 0 Å². The maximum absolute atomic E-state index is 12.0. The quantitative estimate of drug-likeness (QED) is 0.617. The second-order valence-corrected chi connectivity index (χ2v) is 7.04. The number of carboxylic acids is 1. The molecule has 0 aliphatic heterocycles. The van der Waals surface area contributed by atoms with Crippen molar-refractivity contribution in [1.29, 1.82) is 0 Å². The predicted octanol–water partition coefficient (Wildman–Crippen LogP) is 0.946. The van der Waals surface area contributed by atoms with Crippen LogP contribution in [0.4, 0.5) is 4.79 Å². The fraction of sp³-hybridized carbons (Fsp3) is 0.857. The topological polar surface area (TPSA) is 98.7 Å². The van der Waals surface area contributed by atoms with Crippen LogP contribution in [0, 0.1) is 16.7 Å². The van der Waals surface area contributed by atoms with Gasteiger partial charge in [-0.2, -0.15) is 0 Å². The van der Waals surface area contributed by atoms with Gasteiger partial charge < -0.3 is 20.8 Å². The molecule has 0 aromatic carbocycles. The Labute approximate surface area is 118 Å². The van der Waals surface area contributed by atoms with Crippen molar-refractivity contribution in [2.75, 3.05) is 6.61 Å². The lowest BCUT2D eigenvalue weighted by molar-refractivity contribution is -0.140. The molecule has 0 saturated heterocycles. The standard InChI is InChI=1S/C14H24N2O4/c1-13(2)8-4-5-14(3,6-8)11(13)16-12(20)15-9(7-17)10(18)19/h8-9,11,17H,4-7H2,1-3H3,(H,18,19)(H2,15,16,20)/t8?,9-,11?,14?/m1/s1. The van der Waals surface area contributed by atoms with Crippen LogP contribution in [-0.4, -0.2) is 40.9 Å². The second kappa shape index (κ2) is 4.91. The van der Waals surface area contributed by atoms with E-state index in [1.807, 2.05) is 0 Å². The highest BCUT2D eigenvalue weighted by molar-refractivity contribution is 5.82. The van der Waals surface area contributed by atoms with E-state index in [9.17, 15) is 9.59 Å². The van der Waals surface area contributed by atoms with Gasteiger partial charge in [0.15, 0.2) is 6.04 Å². The summed E-state index contributed by atoms with van der Waals surface area (Å²) in [6.07, 6.45) is 3.39. The summed E-state index contributed by atoms with van der Waals surface area (Å²) in [5.41, 5.74) is 0.103. The molecule has 3 unspecified atom stereocenters. The number of aliphatic hydroxyl groups excluding tert-OH is 1. The van der Waals surface area contributed by atoms with Crippen molar-refractivity contribution in [3.05, 3.63) is 0 Å². The first-order chi connectivity index (χ1) is 9.20. The summed E-state index contributed by atoms with van der Waals surface area (Å²) in [6, 6.07) is -1.75. The number of carbonyl (C=O) groups excluding carboxylic acids is 1. The lowest BCUT2D eigenvalue weighted by Gasteiger charge is -2.43. The highest BCUT2D eigenvalue weighted by atomic mass is 16.4. The number of carbonyl (C=O) groups is 2. The highest BCUT2D eigenvalue weighted by Crippen LogP contribution is 2.62. The number of hydrogen-bond donors (Lipinski definition) is 4. The van der Waals surface area contributed by atoms with E-state index in [1.165, 1.54) is 6.42 Å². The summed E-state index contributed by atoms with van der Waals surface area (Å²) in [4.78, 5) is 22.8. The number of carboxylic acid groups (broad SMARTS) is 1. The van der Waals surface area contributed by atoms with Crippen LogP contribution in [0.1, 0.15) is 40.0 Å². The van der Waals surface area contributed by atoms with Crippen molar-refractivity contribution in [3.8, 4) is 0 Å². The molecule has 4 atom stereocenters. The number of nitrogens with one attached hydrogen (secondary N) is 2. The Hall–Kier alpha value is -1.30. The third-order valence-electron chi connectivity index (χ3n) is 5.33. The number of aliphatic hydroxyl groups is 1. The third kappa shape index (κ3) is 2.37. The zero-order chi connectivity index (χ0) is 15.1. The van der Waals surface area contributed by atoms with E-state index >= 15 is 0 Å². The maximum Gasteiger partial charge on any atom is 0.328 e. The van der Waals surface area contributed by atoms with Gasteiger partial charge in [0, 0.05) is 6.04 Å². The first kappa shape index (κ1) is 15.1. The lowest BCUT2D eigenvalue weighted by Crippen LogP contribution is -2.57. The third-order valence-corrected chi connectivity index (χ3v) is 5.33. The molecule has 0 aromatic heterocycles. The molecule has 2 saturated carbocycles. The zero-order valence-corrected chi connectivity index (χ0v) is 12.3. The number of rotatable bonds is 4. The van der Waals surface area contributed by atoms with Crippen LogP contribution in [0.25, 0.3) is 0 Å². The molecule has 4 N–H and O–H groups in total. The molecule has 2 bridgehead atoms. The second-order valence-electron chi connectivity index (χ2n) is 7.04. The maximum atomic E-state index is 12.0. The monoisotopic (exact) mass is 284 g/mol. The van der Waals surface area contributed by atoms with Crippen molar-refractivity contribution in [2.24, 2.45) is 16.7 Å². The van der Waals surface area contributed by atoms with Crippen molar-refractivity contribution < 1.29 is 19.8 Å². The molecule has 0 heterocycles. The van der Waals surface area contributed by atoms with E-state index in [4.69, 9.17) is 10.2 Å². The van der Waals surface area contributed by atoms with Gasteiger partial charge in [0.25, 0.3) is 0 Å².